The summed E-state index contributed by atoms with van der Waals surface area (Å²) in [4.78, 5) is 42.0. The molecule has 0 aliphatic carbocycles. The third-order valence-electron chi connectivity index (χ3n) is 4.40. The molecule has 0 radical (unpaired) electrons. The summed E-state index contributed by atoms with van der Waals surface area (Å²) in [5.41, 5.74) is 0.690. The molecule has 160 valence electrons. The van der Waals surface area contributed by atoms with Gasteiger partial charge in [0.2, 0.25) is 0 Å². The molecule has 29 heavy (non-hydrogen) atoms. The van der Waals surface area contributed by atoms with E-state index in [4.69, 9.17) is 9.36 Å². The van der Waals surface area contributed by atoms with Crippen LogP contribution in [0, 0.1) is 5.92 Å². The van der Waals surface area contributed by atoms with Gasteiger partial charge in [-0.3, -0.25) is 0 Å². The molecule has 4 unspecified atom stereocenters. The zero-order chi connectivity index (χ0) is 22.0. The van der Waals surface area contributed by atoms with Crippen LogP contribution in [0.2, 0.25) is 0 Å². The average molecular weight is 428 g/mol. The van der Waals surface area contributed by atoms with Gasteiger partial charge in [0, 0.05) is 6.42 Å². The number of benzene rings is 1. The second-order valence-electron chi connectivity index (χ2n) is 6.40. The Morgan fingerprint density at radius 1 is 1.21 bits per heavy atom. The second kappa shape index (κ2) is 12.1. The van der Waals surface area contributed by atoms with Crippen LogP contribution < -0.4 is 0 Å². The minimum absolute atomic E-state index is 0.125. The SMILES string of the molecule is CCC(C)C(C(=O)ON(C(=O)OC)C(CCO[P+](C)=O)C(=O)O)c1ccccc1. The van der Waals surface area contributed by atoms with Crippen molar-refractivity contribution in [1.29, 1.82) is 0 Å². The third kappa shape index (κ3) is 7.44. The van der Waals surface area contributed by atoms with Crippen molar-refractivity contribution >= 4 is 26.1 Å². The van der Waals surface area contributed by atoms with Gasteiger partial charge >= 0.3 is 26.1 Å². The zero-order valence-electron chi connectivity index (χ0n) is 16.9. The van der Waals surface area contributed by atoms with Gasteiger partial charge in [-0.1, -0.05) is 50.6 Å². The molecule has 0 heterocycles. The highest BCUT2D eigenvalue weighted by Crippen LogP contribution is 2.29. The lowest BCUT2D eigenvalue weighted by Gasteiger charge is -2.28. The first kappa shape index (κ1) is 24.5. The number of carboxylic acids is 1. The zero-order valence-corrected chi connectivity index (χ0v) is 17.8. The fourth-order valence-corrected chi connectivity index (χ4v) is 3.06. The predicted molar refractivity (Wildman–Crippen MR) is 104 cm³/mol. The number of carbonyl (C=O) groups excluding carboxylic acids is 2. The fraction of sp³-hybridized carbons (Fsp3) is 0.526. The molecule has 0 aromatic heterocycles. The summed E-state index contributed by atoms with van der Waals surface area (Å²) in [7, 11) is -0.896. The largest absolute Gasteiger partial charge is 0.504 e. The van der Waals surface area contributed by atoms with Crippen molar-refractivity contribution in [3.8, 4) is 0 Å². The van der Waals surface area contributed by atoms with Gasteiger partial charge in [0.15, 0.2) is 12.7 Å². The van der Waals surface area contributed by atoms with E-state index in [1.165, 1.54) is 6.66 Å². The van der Waals surface area contributed by atoms with Crippen LogP contribution in [0.4, 0.5) is 4.79 Å². The molecule has 1 N–H and O–H groups in total. The number of ether oxygens (including phenoxy) is 1. The fourth-order valence-electron chi connectivity index (χ4n) is 2.70. The van der Waals surface area contributed by atoms with Crippen LogP contribution in [0.5, 0.6) is 0 Å². The van der Waals surface area contributed by atoms with Crippen LogP contribution in [0.25, 0.3) is 0 Å². The van der Waals surface area contributed by atoms with E-state index in [0.29, 0.717) is 17.0 Å². The Morgan fingerprint density at radius 3 is 2.31 bits per heavy atom. The number of nitrogens with zero attached hydrogens (tertiary/aromatic N) is 1. The van der Waals surface area contributed by atoms with E-state index in [0.717, 1.165) is 7.11 Å². The topological polar surface area (TPSA) is 119 Å². The molecule has 10 heteroatoms. The molecule has 0 saturated heterocycles. The van der Waals surface area contributed by atoms with E-state index >= 15 is 0 Å². The number of carbonyl (C=O) groups is 3. The van der Waals surface area contributed by atoms with Crippen LogP contribution in [0.3, 0.4) is 0 Å². The molecule has 9 nitrogen and oxygen atoms in total. The number of hydrogen-bond acceptors (Lipinski definition) is 7. The molecule has 1 rings (SSSR count). The van der Waals surface area contributed by atoms with Crippen LogP contribution in [-0.4, -0.2) is 54.6 Å². The van der Waals surface area contributed by atoms with E-state index in [-0.39, 0.29) is 18.9 Å². The van der Waals surface area contributed by atoms with E-state index in [2.05, 4.69) is 4.74 Å². The van der Waals surface area contributed by atoms with Gasteiger partial charge in [0.1, 0.15) is 6.61 Å². The highest BCUT2D eigenvalue weighted by Gasteiger charge is 2.38. The minimum atomic E-state index is -1.94. The standard InChI is InChI=1S/C19H26NO8P/c1-5-13(2)16(14-9-7-6-8-10-14)18(23)28-20(19(24)26-3)15(17(21)22)11-12-27-29(4)25/h6-10,13,15-16H,5,11-12H2,1-4H3/p+1. The maximum absolute atomic E-state index is 12.9. The Kier molecular flexibility index (Phi) is 10.3. The van der Waals surface area contributed by atoms with Crippen molar-refractivity contribution in [2.24, 2.45) is 5.92 Å². The molecule has 0 aliphatic rings. The van der Waals surface area contributed by atoms with Gasteiger partial charge in [-0.05, 0) is 16.0 Å². The molecule has 0 bridgehead atoms. The molecule has 1 aromatic carbocycles. The molecule has 0 saturated carbocycles. The molecule has 0 fully saturated rings. The Balaban J connectivity index is 3.12. The predicted octanol–water partition coefficient (Wildman–Crippen LogP) is 3.58. The van der Waals surface area contributed by atoms with Crippen LogP contribution in [0.1, 0.15) is 38.2 Å². The molecular formula is C19H27NO8P+. The quantitative estimate of drug-likeness (QED) is 0.444. The number of hydrogen-bond donors (Lipinski definition) is 1. The van der Waals surface area contributed by atoms with Gasteiger partial charge in [-0.25, -0.2) is 14.4 Å². The Hall–Kier alpha value is -2.51. The Labute approximate surface area is 170 Å². The smallest absolute Gasteiger partial charge is 0.480 e. The molecule has 4 atom stereocenters. The highest BCUT2D eigenvalue weighted by molar-refractivity contribution is 7.38. The summed E-state index contributed by atoms with van der Waals surface area (Å²) in [6.07, 6.45) is -0.721. The number of amides is 1. The molecule has 0 spiro atoms. The van der Waals surface area contributed by atoms with Crippen molar-refractivity contribution in [2.45, 2.75) is 38.6 Å². The summed E-state index contributed by atoms with van der Waals surface area (Å²) in [6, 6.07) is 7.33. The lowest BCUT2D eigenvalue weighted by Crippen LogP contribution is -2.47. The summed E-state index contributed by atoms with van der Waals surface area (Å²) in [5.74, 6) is -3.02. The number of hydroxylamine groups is 2. The van der Waals surface area contributed by atoms with Crippen LogP contribution in [-0.2, 0) is 28.3 Å². The lowest BCUT2D eigenvalue weighted by atomic mass is 9.86. The summed E-state index contributed by atoms with van der Waals surface area (Å²) in [6.45, 7) is 4.89. The molecule has 0 aliphatic heterocycles. The first-order chi connectivity index (χ1) is 13.7. The second-order valence-corrected chi connectivity index (χ2v) is 7.53. The summed E-state index contributed by atoms with van der Waals surface area (Å²) >= 11 is 0. The summed E-state index contributed by atoms with van der Waals surface area (Å²) in [5, 5.41) is 9.91. The first-order valence-corrected chi connectivity index (χ1v) is 10.8. The highest BCUT2D eigenvalue weighted by atomic mass is 31.1. The van der Waals surface area contributed by atoms with Crippen molar-refractivity contribution in [2.75, 3.05) is 20.4 Å². The molecule has 1 aromatic rings. The lowest BCUT2D eigenvalue weighted by molar-refractivity contribution is -0.199. The van der Waals surface area contributed by atoms with E-state index in [1.54, 1.807) is 24.3 Å². The van der Waals surface area contributed by atoms with Gasteiger partial charge in [0.05, 0.1) is 13.0 Å². The normalized spacial score (nSPS) is 14.3. The van der Waals surface area contributed by atoms with Crippen molar-refractivity contribution in [3.05, 3.63) is 35.9 Å². The third-order valence-corrected chi connectivity index (χ3v) is 4.95. The molecular weight excluding hydrogens is 401 g/mol. The number of methoxy groups -OCH3 is 1. The van der Waals surface area contributed by atoms with E-state index in [1.807, 2.05) is 19.9 Å². The van der Waals surface area contributed by atoms with Gasteiger partial charge in [-0.2, -0.15) is 0 Å². The maximum Gasteiger partial charge on any atom is 0.504 e. The molecule has 1 amide bonds. The van der Waals surface area contributed by atoms with Crippen molar-refractivity contribution in [3.63, 3.8) is 0 Å². The Bertz CT molecular complexity index is 711. The van der Waals surface area contributed by atoms with Gasteiger partial charge < -0.3 is 14.7 Å². The monoisotopic (exact) mass is 428 g/mol. The summed E-state index contributed by atoms with van der Waals surface area (Å²) < 4.78 is 20.6. The van der Waals surface area contributed by atoms with E-state index < -0.39 is 38.0 Å². The number of rotatable bonds is 10. The minimum Gasteiger partial charge on any atom is -0.480 e. The van der Waals surface area contributed by atoms with Crippen LogP contribution >= 0.6 is 8.03 Å². The number of carboxylic acid groups (broad SMARTS) is 1. The van der Waals surface area contributed by atoms with Crippen molar-refractivity contribution < 1.29 is 38.2 Å². The first-order valence-electron chi connectivity index (χ1n) is 9.13. The average Bonchev–Trinajstić information content (AvgIpc) is 2.69. The van der Waals surface area contributed by atoms with Crippen molar-refractivity contribution in [1.82, 2.24) is 5.06 Å². The van der Waals surface area contributed by atoms with E-state index in [9.17, 15) is 24.1 Å². The van der Waals surface area contributed by atoms with Gasteiger partial charge in [0.25, 0.3) is 0 Å². The maximum atomic E-state index is 12.9. The Morgan fingerprint density at radius 2 is 1.83 bits per heavy atom. The van der Waals surface area contributed by atoms with Gasteiger partial charge in [-0.15, -0.1) is 9.59 Å². The van der Waals surface area contributed by atoms with Crippen LogP contribution in [0.15, 0.2) is 30.3 Å². The number of aliphatic carboxylic acids is 1.